The van der Waals surface area contributed by atoms with Crippen LogP contribution in [0.3, 0.4) is 0 Å². The Labute approximate surface area is 141 Å². The smallest absolute Gasteiger partial charge is 0.271 e. The third-order valence-electron chi connectivity index (χ3n) is 3.38. The lowest BCUT2D eigenvalue weighted by atomic mass is 10.2. The molecule has 10 heteroatoms. The van der Waals surface area contributed by atoms with Crippen molar-refractivity contribution in [1.29, 1.82) is 0 Å². The third-order valence-corrected chi connectivity index (χ3v) is 5.23. The van der Waals surface area contributed by atoms with Gasteiger partial charge in [-0.1, -0.05) is 17.7 Å². The first kappa shape index (κ1) is 16.2. The first-order valence-electron chi connectivity index (χ1n) is 6.66. The minimum Gasteiger partial charge on any atom is -0.325 e. The van der Waals surface area contributed by atoms with Crippen LogP contribution in [0, 0.1) is 10.1 Å². The molecule has 2 N–H and O–H groups in total. The second kappa shape index (κ2) is 5.77. The summed E-state index contributed by atoms with van der Waals surface area (Å²) in [5, 5.41) is 13.3. The van der Waals surface area contributed by atoms with E-state index in [9.17, 15) is 23.3 Å². The van der Waals surface area contributed by atoms with E-state index >= 15 is 0 Å². The van der Waals surface area contributed by atoms with Crippen molar-refractivity contribution < 1.29 is 18.1 Å². The van der Waals surface area contributed by atoms with Crippen LogP contribution < -0.4 is 10.0 Å². The van der Waals surface area contributed by atoms with Crippen LogP contribution in [0.2, 0.25) is 5.02 Å². The van der Waals surface area contributed by atoms with E-state index in [1.165, 1.54) is 30.3 Å². The maximum Gasteiger partial charge on any atom is 0.271 e. The van der Waals surface area contributed by atoms with Crippen molar-refractivity contribution in [3.8, 4) is 0 Å². The number of halogens is 1. The molecule has 0 saturated carbocycles. The largest absolute Gasteiger partial charge is 0.325 e. The van der Waals surface area contributed by atoms with Crippen molar-refractivity contribution >= 4 is 44.6 Å². The van der Waals surface area contributed by atoms with Gasteiger partial charge in [0, 0.05) is 17.8 Å². The van der Waals surface area contributed by atoms with Gasteiger partial charge in [0.1, 0.15) is 4.90 Å². The average molecular weight is 368 g/mol. The molecule has 0 spiro atoms. The van der Waals surface area contributed by atoms with Gasteiger partial charge in [0.2, 0.25) is 5.91 Å². The van der Waals surface area contributed by atoms with E-state index in [1.807, 2.05) is 0 Å². The van der Waals surface area contributed by atoms with Gasteiger partial charge >= 0.3 is 0 Å². The van der Waals surface area contributed by atoms with E-state index in [-0.39, 0.29) is 33.6 Å². The number of sulfonamides is 1. The zero-order valence-electron chi connectivity index (χ0n) is 11.9. The standard InChI is InChI=1S/C14H10ClN3O5S/c15-11-7-12-8(5-14(19)16-12)4-13(11)24(22,23)17-9-2-1-3-10(6-9)18(20)21/h1-4,6-7,17H,5H2,(H,16,19). The molecule has 1 heterocycles. The zero-order chi connectivity index (χ0) is 17.5. The quantitative estimate of drug-likeness (QED) is 0.635. The summed E-state index contributed by atoms with van der Waals surface area (Å²) in [7, 11) is -4.07. The van der Waals surface area contributed by atoms with Crippen LogP contribution in [-0.2, 0) is 21.2 Å². The SMILES string of the molecule is O=C1Cc2cc(S(=O)(=O)Nc3cccc([N+](=O)[O-])c3)c(Cl)cc2N1. The molecule has 1 aliphatic rings. The van der Waals surface area contributed by atoms with Gasteiger partial charge in [-0.05, 0) is 23.8 Å². The molecular formula is C14H10ClN3O5S. The van der Waals surface area contributed by atoms with Crippen molar-refractivity contribution in [3.05, 3.63) is 57.1 Å². The number of carbonyl (C=O) groups excluding carboxylic acids is 1. The molecule has 0 unspecified atom stereocenters. The fourth-order valence-electron chi connectivity index (χ4n) is 2.32. The predicted molar refractivity (Wildman–Crippen MR) is 87.7 cm³/mol. The number of fused-ring (bicyclic) bond motifs is 1. The normalized spacial score (nSPS) is 13.3. The van der Waals surface area contributed by atoms with Crippen LogP contribution in [-0.4, -0.2) is 19.2 Å². The number of anilines is 2. The number of amides is 1. The maximum atomic E-state index is 12.5. The minimum atomic E-state index is -4.07. The highest BCUT2D eigenvalue weighted by Crippen LogP contribution is 2.33. The fourth-order valence-corrected chi connectivity index (χ4v) is 3.95. The van der Waals surface area contributed by atoms with Gasteiger partial charge in [-0.25, -0.2) is 8.42 Å². The summed E-state index contributed by atoms with van der Waals surface area (Å²) in [5.74, 6) is -0.248. The Bertz CT molecular complexity index is 974. The van der Waals surface area contributed by atoms with Crippen LogP contribution in [0.1, 0.15) is 5.56 Å². The lowest BCUT2D eigenvalue weighted by Gasteiger charge is -2.11. The Balaban J connectivity index is 1.97. The molecule has 0 aliphatic carbocycles. The summed E-state index contributed by atoms with van der Waals surface area (Å²) in [6, 6.07) is 7.78. The summed E-state index contributed by atoms with van der Waals surface area (Å²) in [4.78, 5) is 21.3. The molecule has 0 radical (unpaired) electrons. The van der Waals surface area contributed by atoms with E-state index in [1.54, 1.807) is 0 Å². The van der Waals surface area contributed by atoms with Crippen LogP contribution in [0.25, 0.3) is 0 Å². The van der Waals surface area contributed by atoms with Crippen molar-refractivity contribution in [2.24, 2.45) is 0 Å². The molecule has 3 rings (SSSR count). The molecule has 24 heavy (non-hydrogen) atoms. The molecule has 2 aromatic rings. The first-order chi connectivity index (χ1) is 11.3. The van der Waals surface area contributed by atoms with Crippen molar-refractivity contribution in [2.75, 3.05) is 10.0 Å². The van der Waals surface area contributed by atoms with Crippen LogP contribution in [0.4, 0.5) is 17.1 Å². The highest BCUT2D eigenvalue weighted by Gasteiger charge is 2.25. The Morgan fingerprint density at radius 3 is 2.71 bits per heavy atom. The summed E-state index contributed by atoms with van der Waals surface area (Å²) < 4.78 is 27.3. The summed E-state index contributed by atoms with van der Waals surface area (Å²) in [5.41, 5.74) is 0.781. The second-order valence-electron chi connectivity index (χ2n) is 5.08. The van der Waals surface area contributed by atoms with Gasteiger partial charge in [-0.2, -0.15) is 0 Å². The van der Waals surface area contributed by atoms with E-state index in [0.717, 1.165) is 6.07 Å². The van der Waals surface area contributed by atoms with Gasteiger partial charge in [0.05, 0.1) is 22.1 Å². The number of nitrogens with one attached hydrogen (secondary N) is 2. The predicted octanol–water partition coefficient (Wildman–Crippen LogP) is 2.54. The number of rotatable bonds is 4. The molecule has 1 aliphatic heterocycles. The highest BCUT2D eigenvalue weighted by atomic mass is 35.5. The lowest BCUT2D eigenvalue weighted by Crippen LogP contribution is -2.14. The number of nitro benzene ring substituents is 1. The van der Waals surface area contributed by atoms with Gasteiger partial charge in [-0.15, -0.1) is 0 Å². The van der Waals surface area contributed by atoms with Crippen LogP contribution in [0.15, 0.2) is 41.3 Å². The monoisotopic (exact) mass is 367 g/mol. The number of hydrogen-bond donors (Lipinski definition) is 2. The van der Waals surface area contributed by atoms with Crippen molar-refractivity contribution in [3.63, 3.8) is 0 Å². The molecule has 0 aromatic heterocycles. The molecule has 0 atom stereocenters. The molecule has 2 aromatic carbocycles. The van der Waals surface area contributed by atoms with Crippen LogP contribution >= 0.6 is 11.6 Å². The number of non-ortho nitro benzene ring substituents is 1. The Morgan fingerprint density at radius 1 is 1.25 bits per heavy atom. The van der Waals surface area contributed by atoms with Gasteiger partial charge in [0.25, 0.3) is 15.7 Å². The Morgan fingerprint density at radius 2 is 2.00 bits per heavy atom. The topological polar surface area (TPSA) is 118 Å². The Hall–Kier alpha value is -2.65. The lowest BCUT2D eigenvalue weighted by molar-refractivity contribution is -0.384. The third kappa shape index (κ3) is 3.03. The summed E-state index contributed by atoms with van der Waals surface area (Å²) in [6.07, 6.45) is 0.0613. The molecular weight excluding hydrogens is 358 g/mol. The summed E-state index contributed by atoms with van der Waals surface area (Å²) >= 11 is 6.01. The highest BCUT2D eigenvalue weighted by molar-refractivity contribution is 7.92. The van der Waals surface area contributed by atoms with Gasteiger partial charge in [0.15, 0.2) is 0 Å². The molecule has 124 valence electrons. The molecule has 0 fully saturated rings. The molecule has 1 amide bonds. The number of nitro groups is 1. The van der Waals surface area contributed by atoms with Crippen LogP contribution in [0.5, 0.6) is 0 Å². The average Bonchev–Trinajstić information content (AvgIpc) is 2.85. The maximum absolute atomic E-state index is 12.5. The molecule has 0 bridgehead atoms. The zero-order valence-corrected chi connectivity index (χ0v) is 13.5. The number of nitrogens with zero attached hydrogens (tertiary/aromatic N) is 1. The number of hydrogen-bond acceptors (Lipinski definition) is 5. The van der Waals surface area contributed by atoms with Crippen molar-refractivity contribution in [1.82, 2.24) is 0 Å². The van der Waals surface area contributed by atoms with Crippen molar-refractivity contribution in [2.45, 2.75) is 11.3 Å². The minimum absolute atomic E-state index is 0.0370. The summed E-state index contributed by atoms with van der Waals surface area (Å²) in [6.45, 7) is 0. The molecule has 0 saturated heterocycles. The van der Waals surface area contributed by atoms with E-state index in [0.29, 0.717) is 11.3 Å². The van der Waals surface area contributed by atoms with E-state index < -0.39 is 14.9 Å². The fraction of sp³-hybridized carbons (Fsp3) is 0.0714. The number of carbonyl (C=O) groups is 1. The first-order valence-corrected chi connectivity index (χ1v) is 8.52. The van der Waals surface area contributed by atoms with Gasteiger partial charge in [-0.3, -0.25) is 19.6 Å². The number of benzene rings is 2. The van der Waals surface area contributed by atoms with Gasteiger partial charge < -0.3 is 5.32 Å². The van der Waals surface area contributed by atoms with E-state index in [2.05, 4.69) is 10.0 Å². The second-order valence-corrected chi connectivity index (χ2v) is 7.14. The molecule has 8 nitrogen and oxygen atoms in total. The Kier molecular flexibility index (Phi) is 3.90. The van der Waals surface area contributed by atoms with E-state index in [4.69, 9.17) is 11.6 Å².